The molecule has 0 N–H and O–H groups in total. The lowest BCUT2D eigenvalue weighted by Gasteiger charge is -2.30. The van der Waals surface area contributed by atoms with Crippen molar-refractivity contribution in [2.24, 2.45) is 7.05 Å². The highest BCUT2D eigenvalue weighted by molar-refractivity contribution is 7.71. The van der Waals surface area contributed by atoms with E-state index in [1.54, 1.807) is 6.33 Å². The van der Waals surface area contributed by atoms with E-state index in [0.717, 1.165) is 48.8 Å². The van der Waals surface area contributed by atoms with Crippen LogP contribution >= 0.6 is 12.2 Å². The quantitative estimate of drug-likeness (QED) is 0.686. The first-order valence-electron chi connectivity index (χ1n) is 7.83. The molecule has 0 spiro atoms. The predicted octanol–water partition coefficient (Wildman–Crippen LogP) is 1.83. The standard InChI is InChI=1S/C15H19N7S/c1-19-10-16-17-14(19)12-5-8-20(9-6-12)11-22-15(23)21-7-3-2-4-13(21)18-22/h2-4,7,10,12H,5-6,8-9,11H2,1H3. The van der Waals surface area contributed by atoms with Crippen molar-refractivity contribution in [3.63, 3.8) is 0 Å². The molecule has 3 aromatic heterocycles. The Morgan fingerprint density at radius 3 is 2.78 bits per heavy atom. The molecule has 0 aromatic carbocycles. The number of piperidine rings is 1. The zero-order valence-electron chi connectivity index (χ0n) is 13.0. The molecule has 3 aromatic rings. The number of nitrogens with zero attached hydrogens (tertiary/aromatic N) is 7. The number of rotatable bonds is 3. The van der Waals surface area contributed by atoms with Gasteiger partial charge in [-0.2, -0.15) is 5.10 Å². The Morgan fingerprint density at radius 2 is 2.09 bits per heavy atom. The molecule has 1 saturated heterocycles. The van der Waals surface area contributed by atoms with E-state index in [4.69, 9.17) is 12.2 Å². The molecule has 8 heteroatoms. The molecule has 1 aliphatic rings. The van der Waals surface area contributed by atoms with Crippen molar-refractivity contribution in [1.82, 2.24) is 33.8 Å². The van der Waals surface area contributed by atoms with Crippen LogP contribution in [0.1, 0.15) is 24.6 Å². The van der Waals surface area contributed by atoms with Crippen LogP contribution in [0.5, 0.6) is 0 Å². The molecule has 0 saturated carbocycles. The van der Waals surface area contributed by atoms with Gasteiger partial charge in [0.15, 0.2) is 5.65 Å². The van der Waals surface area contributed by atoms with Gasteiger partial charge in [-0.05, 0) is 37.2 Å². The molecule has 120 valence electrons. The summed E-state index contributed by atoms with van der Waals surface area (Å²) in [4.78, 5) is 2.40. The topological polar surface area (TPSA) is 56.2 Å². The van der Waals surface area contributed by atoms with Crippen LogP contribution in [0.4, 0.5) is 0 Å². The normalized spacial score (nSPS) is 17.1. The van der Waals surface area contributed by atoms with Crippen LogP contribution in [0, 0.1) is 4.77 Å². The number of aryl methyl sites for hydroxylation is 1. The van der Waals surface area contributed by atoms with E-state index in [-0.39, 0.29) is 0 Å². The molecular weight excluding hydrogens is 310 g/mol. The number of likely N-dealkylation sites (tertiary alicyclic amines) is 1. The van der Waals surface area contributed by atoms with Crippen molar-refractivity contribution in [3.05, 3.63) is 41.3 Å². The Morgan fingerprint density at radius 1 is 1.26 bits per heavy atom. The average Bonchev–Trinajstić information content (AvgIpc) is 3.13. The van der Waals surface area contributed by atoms with E-state index >= 15 is 0 Å². The van der Waals surface area contributed by atoms with E-state index in [0.29, 0.717) is 5.92 Å². The van der Waals surface area contributed by atoms with Gasteiger partial charge in [-0.25, -0.2) is 4.68 Å². The van der Waals surface area contributed by atoms with E-state index in [1.165, 1.54) is 0 Å². The summed E-state index contributed by atoms with van der Waals surface area (Å²) in [5, 5.41) is 12.8. The second-order valence-electron chi connectivity index (χ2n) is 6.04. The van der Waals surface area contributed by atoms with Crippen LogP contribution in [-0.2, 0) is 13.7 Å². The van der Waals surface area contributed by atoms with Crippen molar-refractivity contribution in [3.8, 4) is 0 Å². The fourth-order valence-corrected chi connectivity index (χ4v) is 3.50. The van der Waals surface area contributed by atoms with E-state index in [9.17, 15) is 0 Å². The van der Waals surface area contributed by atoms with Gasteiger partial charge in [0.2, 0.25) is 4.77 Å². The van der Waals surface area contributed by atoms with Gasteiger partial charge >= 0.3 is 0 Å². The molecule has 1 aliphatic heterocycles. The Kier molecular flexibility index (Phi) is 3.70. The maximum Gasteiger partial charge on any atom is 0.203 e. The van der Waals surface area contributed by atoms with Gasteiger partial charge in [-0.15, -0.1) is 10.2 Å². The summed E-state index contributed by atoms with van der Waals surface area (Å²) in [5.74, 6) is 1.58. The van der Waals surface area contributed by atoms with Crippen LogP contribution in [-0.4, -0.2) is 46.9 Å². The predicted molar refractivity (Wildman–Crippen MR) is 88.6 cm³/mol. The first kappa shape index (κ1) is 14.5. The Balaban J connectivity index is 1.46. The fraction of sp³-hybridized carbons (Fsp3) is 0.467. The summed E-state index contributed by atoms with van der Waals surface area (Å²) < 4.78 is 6.63. The van der Waals surface area contributed by atoms with Gasteiger partial charge in [0.1, 0.15) is 12.2 Å². The van der Waals surface area contributed by atoms with Crippen LogP contribution in [0.3, 0.4) is 0 Å². The molecule has 4 rings (SSSR count). The van der Waals surface area contributed by atoms with Crippen LogP contribution in [0.25, 0.3) is 5.65 Å². The summed E-state index contributed by atoms with van der Waals surface area (Å²) in [7, 11) is 2.01. The molecule has 0 aliphatic carbocycles. The minimum atomic E-state index is 0.493. The fourth-order valence-electron chi connectivity index (χ4n) is 3.24. The highest BCUT2D eigenvalue weighted by Gasteiger charge is 2.24. The average molecular weight is 329 g/mol. The minimum Gasteiger partial charge on any atom is -0.320 e. The van der Waals surface area contributed by atoms with Gasteiger partial charge in [-0.3, -0.25) is 9.30 Å². The molecular formula is C15H19N7S. The molecule has 0 radical (unpaired) electrons. The third-order valence-electron chi connectivity index (χ3n) is 4.52. The lowest BCUT2D eigenvalue weighted by atomic mass is 9.96. The first-order chi connectivity index (χ1) is 11.2. The minimum absolute atomic E-state index is 0.493. The van der Waals surface area contributed by atoms with Crippen molar-refractivity contribution < 1.29 is 0 Å². The Bertz CT molecular complexity index is 869. The number of aromatic nitrogens is 6. The number of fused-ring (bicyclic) bond motifs is 1. The molecule has 7 nitrogen and oxygen atoms in total. The summed E-state index contributed by atoms with van der Waals surface area (Å²) in [6.07, 6.45) is 5.92. The summed E-state index contributed by atoms with van der Waals surface area (Å²) in [6, 6.07) is 5.93. The second-order valence-corrected chi connectivity index (χ2v) is 6.41. The number of hydrogen-bond acceptors (Lipinski definition) is 5. The Labute approximate surface area is 139 Å². The smallest absolute Gasteiger partial charge is 0.203 e. The molecule has 0 unspecified atom stereocenters. The maximum atomic E-state index is 5.52. The van der Waals surface area contributed by atoms with Gasteiger partial charge in [0.25, 0.3) is 0 Å². The summed E-state index contributed by atoms with van der Waals surface area (Å²) >= 11 is 5.52. The second kappa shape index (κ2) is 5.86. The molecule has 4 heterocycles. The molecule has 23 heavy (non-hydrogen) atoms. The van der Waals surface area contributed by atoms with Gasteiger partial charge < -0.3 is 4.57 Å². The highest BCUT2D eigenvalue weighted by atomic mass is 32.1. The Hall–Kier alpha value is -2.06. The van der Waals surface area contributed by atoms with Crippen LogP contribution in [0.2, 0.25) is 0 Å². The van der Waals surface area contributed by atoms with Crippen LogP contribution in [0.15, 0.2) is 30.7 Å². The van der Waals surface area contributed by atoms with Crippen molar-refractivity contribution >= 4 is 17.9 Å². The molecule has 1 fully saturated rings. The first-order valence-corrected chi connectivity index (χ1v) is 8.23. The van der Waals surface area contributed by atoms with Crippen molar-refractivity contribution in [1.29, 1.82) is 0 Å². The lowest BCUT2D eigenvalue weighted by molar-refractivity contribution is 0.158. The zero-order chi connectivity index (χ0) is 15.8. The number of pyridine rings is 1. The van der Waals surface area contributed by atoms with E-state index < -0.39 is 0 Å². The summed E-state index contributed by atoms with van der Waals surface area (Å²) in [5.41, 5.74) is 0.895. The molecule has 0 atom stereocenters. The lowest BCUT2D eigenvalue weighted by Crippen LogP contribution is -2.35. The van der Waals surface area contributed by atoms with Crippen molar-refractivity contribution in [2.75, 3.05) is 13.1 Å². The SMILES string of the molecule is Cn1cnnc1C1CCN(Cn2nc3ccccn3c2=S)CC1. The van der Waals surface area contributed by atoms with Gasteiger partial charge in [-0.1, -0.05) is 6.07 Å². The van der Waals surface area contributed by atoms with Crippen molar-refractivity contribution in [2.45, 2.75) is 25.4 Å². The largest absolute Gasteiger partial charge is 0.320 e. The zero-order valence-corrected chi connectivity index (χ0v) is 13.9. The summed E-state index contributed by atoms with van der Waals surface area (Å²) in [6.45, 7) is 2.78. The monoisotopic (exact) mass is 329 g/mol. The van der Waals surface area contributed by atoms with Crippen LogP contribution < -0.4 is 0 Å². The molecule has 0 amide bonds. The highest BCUT2D eigenvalue weighted by Crippen LogP contribution is 2.26. The molecule has 0 bridgehead atoms. The van der Waals surface area contributed by atoms with E-state index in [1.807, 2.05) is 45.1 Å². The third kappa shape index (κ3) is 2.68. The van der Waals surface area contributed by atoms with Gasteiger partial charge in [0.05, 0.1) is 6.67 Å². The van der Waals surface area contributed by atoms with E-state index in [2.05, 4.69) is 20.2 Å². The maximum absolute atomic E-state index is 5.52. The number of hydrogen-bond donors (Lipinski definition) is 0. The van der Waals surface area contributed by atoms with Gasteiger partial charge in [0, 0.05) is 32.3 Å². The third-order valence-corrected chi connectivity index (χ3v) is 4.93.